The summed E-state index contributed by atoms with van der Waals surface area (Å²) in [5.41, 5.74) is 7.64. The molecule has 1 aromatic heterocycles. The lowest BCUT2D eigenvalue weighted by atomic mass is 9.93. The van der Waals surface area contributed by atoms with Crippen molar-refractivity contribution in [3.63, 3.8) is 0 Å². The molecule has 0 unspecified atom stereocenters. The van der Waals surface area contributed by atoms with Gasteiger partial charge >= 0.3 is 0 Å². The number of nitrogens with two attached hydrogens (primary N) is 1. The zero-order chi connectivity index (χ0) is 15.3. The number of rotatable bonds is 6. The standard InChI is InChI=1S/C16H22N4O.ClH/c1-3-16(4-2,11-17)18-15(21)14-10-13(19-20-14)12-8-6-5-7-9-12;/h5-10H,3-4,11,17H2,1-2H3,(H,18,21)(H,19,20);1H. The molecule has 0 spiro atoms. The number of hydrogen-bond acceptors (Lipinski definition) is 3. The highest BCUT2D eigenvalue weighted by atomic mass is 35.5. The first kappa shape index (κ1) is 18.2. The first-order valence-electron chi connectivity index (χ1n) is 7.27. The highest BCUT2D eigenvalue weighted by Gasteiger charge is 2.27. The van der Waals surface area contributed by atoms with Crippen LogP contribution in [0.3, 0.4) is 0 Å². The Bertz CT molecular complexity index is 585. The lowest BCUT2D eigenvalue weighted by Crippen LogP contribution is -2.52. The van der Waals surface area contributed by atoms with Crippen molar-refractivity contribution in [2.45, 2.75) is 32.2 Å². The van der Waals surface area contributed by atoms with E-state index in [4.69, 9.17) is 5.73 Å². The smallest absolute Gasteiger partial charge is 0.269 e. The number of halogens is 1. The van der Waals surface area contributed by atoms with E-state index in [9.17, 15) is 4.79 Å². The molecule has 0 bridgehead atoms. The van der Waals surface area contributed by atoms with E-state index in [-0.39, 0.29) is 23.9 Å². The van der Waals surface area contributed by atoms with E-state index in [1.807, 2.05) is 44.2 Å². The third kappa shape index (κ3) is 3.87. The van der Waals surface area contributed by atoms with Gasteiger partial charge in [0.05, 0.1) is 11.2 Å². The summed E-state index contributed by atoms with van der Waals surface area (Å²) in [4.78, 5) is 12.3. The van der Waals surface area contributed by atoms with E-state index in [1.165, 1.54) is 0 Å². The van der Waals surface area contributed by atoms with E-state index in [0.29, 0.717) is 12.2 Å². The minimum atomic E-state index is -0.352. The van der Waals surface area contributed by atoms with Gasteiger partial charge in [0.1, 0.15) is 5.69 Å². The molecule has 0 aliphatic rings. The fourth-order valence-corrected chi connectivity index (χ4v) is 2.27. The number of nitrogens with one attached hydrogen (secondary N) is 2. The van der Waals surface area contributed by atoms with Crippen LogP contribution < -0.4 is 11.1 Å². The van der Waals surface area contributed by atoms with Crippen LogP contribution in [-0.2, 0) is 0 Å². The number of nitrogens with zero attached hydrogens (tertiary/aromatic N) is 1. The zero-order valence-corrected chi connectivity index (χ0v) is 13.7. The number of H-pyrrole nitrogens is 1. The molecule has 4 N–H and O–H groups in total. The molecule has 5 nitrogen and oxygen atoms in total. The van der Waals surface area contributed by atoms with Gasteiger partial charge in [-0.25, -0.2) is 0 Å². The van der Waals surface area contributed by atoms with Crippen molar-refractivity contribution in [1.82, 2.24) is 15.5 Å². The molecule has 6 heteroatoms. The third-order valence-electron chi connectivity index (χ3n) is 4.02. The molecular weight excluding hydrogens is 300 g/mol. The number of aromatic nitrogens is 2. The van der Waals surface area contributed by atoms with Gasteiger partial charge in [-0.2, -0.15) is 5.10 Å². The molecule has 1 aromatic carbocycles. The molecule has 0 saturated heterocycles. The topological polar surface area (TPSA) is 83.8 Å². The molecule has 0 aliphatic heterocycles. The predicted molar refractivity (Wildman–Crippen MR) is 91.1 cm³/mol. The van der Waals surface area contributed by atoms with Gasteiger partial charge in [0.15, 0.2) is 0 Å². The number of carbonyl (C=O) groups excluding carboxylic acids is 1. The zero-order valence-electron chi connectivity index (χ0n) is 12.9. The molecule has 1 amide bonds. The van der Waals surface area contributed by atoms with E-state index in [2.05, 4.69) is 15.5 Å². The number of benzene rings is 1. The second-order valence-electron chi connectivity index (χ2n) is 5.18. The Hall–Kier alpha value is -1.85. The van der Waals surface area contributed by atoms with Crippen LogP contribution in [0.2, 0.25) is 0 Å². The Morgan fingerprint density at radius 3 is 2.45 bits per heavy atom. The summed E-state index contributed by atoms with van der Waals surface area (Å²) in [6.45, 7) is 4.48. The third-order valence-corrected chi connectivity index (χ3v) is 4.02. The summed E-state index contributed by atoms with van der Waals surface area (Å²) in [6.07, 6.45) is 1.59. The van der Waals surface area contributed by atoms with Crippen LogP contribution in [0.1, 0.15) is 37.2 Å². The molecule has 0 atom stereocenters. The van der Waals surface area contributed by atoms with Crippen molar-refractivity contribution < 1.29 is 4.79 Å². The van der Waals surface area contributed by atoms with Crippen LogP contribution in [0, 0.1) is 0 Å². The minimum Gasteiger partial charge on any atom is -0.344 e. The van der Waals surface area contributed by atoms with Crippen molar-refractivity contribution in [2.75, 3.05) is 6.54 Å². The average molecular weight is 323 g/mol. The molecule has 0 radical (unpaired) electrons. The summed E-state index contributed by atoms with van der Waals surface area (Å²) < 4.78 is 0. The highest BCUT2D eigenvalue weighted by molar-refractivity contribution is 5.93. The predicted octanol–water partition coefficient (Wildman–Crippen LogP) is 2.75. The maximum absolute atomic E-state index is 12.3. The molecule has 2 rings (SSSR count). The van der Waals surface area contributed by atoms with E-state index < -0.39 is 0 Å². The van der Waals surface area contributed by atoms with Crippen LogP contribution in [0.5, 0.6) is 0 Å². The number of amides is 1. The van der Waals surface area contributed by atoms with Crippen LogP contribution in [0.4, 0.5) is 0 Å². The normalized spacial score (nSPS) is 10.9. The molecule has 0 fully saturated rings. The van der Waals surface area contributed by atoms with Gasteiger partial charge < -0.3 is 11.1 Å². The Morgan fingerprint density at radius 1 is 1.27 bits per heavy atom. The summed E-state index contributed by atoms with van der Waals surface area (Å²) in [6, 6.07) is 11.5. The van der Waals surface area contributed by atoms with Gasteiger partial charge in [-0.1, -0.05) is 44.2 Å². The Kier molecular flexibility index (Phi) is 6.59. The second-order valence-corrected chi connectivity index (χ2v) is 5.18. The lowest BCUT2D eigenvalue weighted by molar-refractivity contribution is 0.0890. The first-order chi connectivity index (χ1) is 10.1. The van der Waals surface area contributed by atoms with Crippen LogP contribution in [0.25, 0.3) is 11.3 Å². The molecular formula is C16H23ClN4O. The summed E-state index contributed by atoms with van der Waals surface area (Å²) >= 11 is 0. The number of hydrogen-bond donors (Lipinski definition) is 3. The van der Waals surface area contributed by atoms with Crippen LogP contribution >= 0.6 is 12.4 Å². The van der Waals surface area contributed by atoms with Crippen LogP contribution in [-0.4, -0.2) is 28.2 Å². The van der Waals surface area contributed by atoms with Crippen LogP contribution in [0.15, 0.2) is 36.4 Å². The van der Waals surface area contributed by atoms with Gasteiger partial charge in [0, 0.05) is 12.1 Å². The largest absolute Gasteiger partial charge is 0.344 e. The van der Waals surface area contributed by atoms with Gasteiger partial charge in [0.2, 0.25) is 0 Å². The van der Waals surface area contributed by atoms with Gasteiger partial charge in [-0.3, -0.25) is 9.89 Å². The number of aromatic amines is 1. The fourth-order valence-electron chi connectivity index (χ4n) is 2.27. The van der Waals surface area contributed by atoms with E-state index >= 15 is 0 Å². The maximum atomic E-state index is 12.3. The molecule has 1 heterocycles. The first-order valence-corrected chi connectivity index (χ1v) is 7.27. The monoisotopic (exact) mass is 322 g/mol. The van der Waals surface area contributed by atoms with E-state index in [0.717, 1.165) is 24.1 Å². The van der Waals surface area contributed by atoms with Gasteiger partial charge in [-0.15, -0.1) is 12.4 Å². The molecule has 0 saturated carbocycles. The highest BCUT2D eigenvalue weighted by Crippen LogP contribution is 2.18. The van der Waals surface area contributed by atoms with Crippen molar-refractivity contribution in [3.8, 4) is 11.3 Å². The fraction of sp³-hybridized carbons (Fsp3) is 0.375. The quantitative estimate of drug-likeness (QED) is 0.764. The summed E-state index contributed by atoms with van der Waals surface area (Å²) in [5.74, 6) is -0.168. The van der Waals surface area contributed by atoms with Crippen molar-refractivity contribution in [1.29, 1.82) is 0 Å². The second kappa shape index (κ2) is 7.96. The van der Waals surface area contributed by atoms with E-state index in [1.54, 1.807) is 6.07 Å². The van der Waals surface area contributed by atoms with Crippen molar-refractivity contribution >= 4 is 18.3 Å². The molecule has 120 valence electrons. The van der Waals surface area contributed by atoms with Crippen molar-refractivity contribution in [3.05, 3.63) is 42.1 Å². The molecule has 22 heavy (non-hydrogen) atoms. The van der Waals surface area contributed by atoms with Gasteiger partial charge in [-0.05, 0) is 18.9 Å². The summed E-state index contributed by atoms with van der Waals surface area (Å²) in [5, 5.41) is 10.0. The molecule has 2 aromatic rings. The molecule has 0 aliphatic carbocycles. The SMILES string of the molecule is CCC(CC)(CN)NC(=O)c1cc(-c2ccccc2)n[nH]1.Cl. The minimum absolute atomic E-state index is 0. The summed E-state index contributed by atoms with van der Waals surface area (Å²) in [7, 11) is 0. The van der Waals surface area contributed by atoms with Gasteiger partial charge in [0.25, 0.3) is 5.91 Å². The Balaban J connectivity index is 0.00000242. The average Bonchev–Trinajstić information content (AvgIpc) is 3.04. The lowest BCUT2D eigenvalue weighted by Gasteiger charge is -2.31. The maximum Gasteiger partial charge on any atom is 0.269 e. The number of carbonyl (C=O) groups is 1. The Morgan fingerprint density at radius 2 is 1.91 bits per heavy atom. The van der Waals surface area contributed by atoms with Crippen molar-refractivity contribution in [2.24, 2.45) is 5.73 Å². The Labute approximate surface area is 137 Å².